The first-order chi connectivity index (χ1) is 15.6. The van der Waals surface area contributed by atoms with Gasteiger partial charge >= 0.3 is 12.4 Å². The van der Waals surface area contributed by atoms with Gasteiger partial charge in [0.2, 0.25) is 5.91 Å². The predicted octanol–water partition coefficient (Wildman–Crippen LogP) is 5.13. The van der Waals surface area contributed by atoms with Crippen LogP contribution in [-0.2, 0) is 32.9 Å². The number of ketones is 1. The normalized spacial score (nSPS) is 21.9. The van der Waals surface area contributed by atoms with Crippen molar-refractivity contribution >= 4 is 11.7 Å². The van der Waals surface area contributed by atoms with Gasteiger partial charge < -0.3 is 10.4 Å². The van der Waals surface area contributed by atoms with Crippen molar-refractivity contribution in [2.75, 3.05) is 0 Å². The monoisotopic (exact) mass is 487 g/mol. The first-order valence-electron chi connectivity index (χ1n) is 10.5. The molecule has 1 aliphatic rings. The molecule has 1 unspecified atom stereocenters. The maximum atomic E-state index is 13.4. The molecule has 2 aromatic carbocycles. The average molecular weight is 487 g/mol. The van der Waals surface area contributed by atoms with E-state index in [2.05, 4.69) is 5.32 Å². The number of alkyl halides is 6. The van der Waals surface area contributed by atoms with Gasteiger partial charge in [-0.1, -0.05) is 30.3 Å². The van der Waals surface area contributed by atoms with E-state index in [1.54, 1.807) is 30.3 Å². The fourth-order valence-electron chi connectivity index (χ4n) is 4.05. The highest BCUT2D eigenvalue weighted by atomic mass is 19.4. The molecule has 0 aliphatic heterocycles. The molecular formula is C24H23F6NO3. The molecule has 10 heteroatoms. The van der Waals surface area contributed by atoms with Crippen LogP contribution in [0.2, 0.25) is 0 Å². The minimum absolute atomic E-state index is 0.00410. The summed E-state index contributed by atoms with van der Waals surface area (Å²) >= 11 is 0. The van der Waals surface area contributed by atoms with Crippen LogP contribution in [0.15, 0.2) is 48.5 Å². The molecule has 3 rings (SSSR count). The Balaban J connectivity index is 2.05. The van der Waals surface area contributed by atoms with E-state index in [-0.39, 0.29) is 25.3 Å². The zero-order valence-electron chi connectivity index (χ0n) is 18.3. The Morgan fingerprint density at radius 2 is 1.44 bits per heavy atom. The van der Waals surface area contributed by atoms with Gasteiger partial charge in [0, 0.05) is 6.42 Å². The third kappa shape index (κ3) is 5.11. The number of nitrogens with one attached hydrogen (secondary N) is 1. The minimum atomic E-state index is -5.06. The van der Waals surface area contributed by atoms with Crippen molar-refractivity contribution in [2.45, 2.75) is 62.5 Å². The molecule has 1 aliphatic carbocycles. The summed E-state index contributed by atoms with van der Waals surface area (Å²) in [4.78, 5) is 25.7. The molecule has 0 radical (unpaired) electrons. The Labute approximate surface area is 192 Å². The standard InChI is InChI=1S/C24H23F6NO3/c1-21(2,15-10-16(23(25,26)27)12-17(11-15)24(28,29)30)20(34)31-22(14-6-4-3-5-7-14)9-8-18(32)19(33)13-22/h3-7,10-12,18,32H,8-9,13H2,1-2H3,(H,31,34)/t18?,22-/m1/s1. The Hall–Kier alpha value is -2.88. The number of rotatable bonds is 4. The molecule has 0 heterocycles. The number of Topliss-reactive ketones (excluding diaryl/α,β-unsaturated/α-hetero) is 1. The number of carbonyl (C=O) groups is 2. The molecule has 0 saturated heterocycles. The van der Waals surface area contributed by atoms with Crippen LogP contribution in [0.1, 0.15) is 55.4 Å². The lowest BCUT2D eigenvalue weighted by molar-refractivity contribution is -0.144. The molecule has 0 aromatic heterocycles. The predicted molar refractivity (Wildman–Crippen MR) is 111 cm³/mol. The Bertz CT molecular complexity index is 1050. The zero-order chi connectivity index (χ0) is 25.5. The van der Waals surface area contributed by atoms with Gasteiger partial charge in [-0.2, -0.15) is 26.3 Å². The second-order valence-corrected chi connectivity index (χ2v) is 9.02. The summed E-state index contributed by atoms with van der Waals surface area (Å²) in [6, 6.07) is 9.43. The first kappa shape index (κ1) is 25.7. The number of aliphatic hydroxyl groups is 1. The van der Waals surface area contributed by atoms with Crippen molar-refractivity contribution in [3.63, 3.8) is 0 Å². The smallest absolute Gasteiger partial charge is 0.385 e. The minimum Gasteiger partial charge on any atom is -0.385 e. The quantitative estimate of drug-likeness (QED) is 0.588. The highest BCUT2D eigenvalue weighted by molar-refractivity contribution is 5.90. The lowest BCUT2D eigenvalue weighted by atomic mass is 9.73. The van der Waals surface area contributed by atoms with Crippen LogP contribution in [0, 0.1) is 0 Å². The van der Waals surface area contributed by atoms with Crippen LogP contribution in [0.25, 0.3) is 0 Å². The topological polar surface area (TPSA) is 66.4 Å². The largest absolute Gasteiger partial charge is 0.416 e. The van der Waals surface area contributed by atoms with Crippen LogP contribution in [0.4, 0.5) is 26.3 Å². The van der Waals surface area contributed by atoms with Gasteiger partial charge in [-0.25, -0.2) is 0 Å². The number of amides is 1. The van der Waals surface area contributed by atoms with Gasteiger partial charge in [0.05, 0.1) is 22.1 Å². The SMILES string of the molecule is CC(C)(C(=O)N[C@]1(c2ccccc2)CCC(O)C(=O)C1)c1cc(C(F)(F)F)cc(C(F)(F)F)c1. The molecule has 1 saturated carbocycles. The highest BCUT2D eigenvalue weighted by Gasteiger charge is 2.46. The summed E-state index contributed by atoms with van der Waals surface area (Å²) in [6.07, 6.45) is -11.4. The van der Waals surface area contributed by atoms with E-state index in [9.17, 15) is 41.0 Å². The fourth-order valence-corrected chi connectivity index (χ4v) is 4.05. The number of aliphatic hydroxyl groups excluding tert-OH is 1. The third-order valence-corrected chi connectivity index (χ3v) is 6.25. The second kappa shape index (κ2) is 8.72. The Kier molecular flexibility index (Phi) is 6.60. The van der Waals surface area contributed by atoms with Crippen molar-refractivity contribution in [3.8, 4) is 0 Å². The molecule has 0 spiro atoms. The second-order valence-electron chi connectivity index (χ2n) is 9.02. The van der Waals surface area contributed by atoms with E-state index in [4.69, 9.17) is 0 Å². The summed E-state index contributed by atoms with van der Waals surface area (Å²) in [5.74, 6) is -1.38. The van der Waals surface area contributed by atoms with Crippen molar-refractivity contribution < 1.29 is 41.0 Å². The van der Waals surface area contributed by atoms with Crippen molar-refractivity contribution in [2.24, 2.45) is 0 Å². The van der Waals surface area contributed by atoms with Crippen molar-refractivity contribution in [3.05, 3.63) is 70.8 Å². The molecule has 2 atom stereocenters. The number of halogens is 6. The summed E-state index contributed by atoms with van der Waals surface area (Å²) < 4.78 is 80.0. The summed E-state index contributed by atoms with van der Waals surface area (Å²) in [5.41, 5.74) is -6.06. The zero-order valence-corrected chi connectivity index (χ0v) is 18.3. The number of benzene rings is 2. The summed E-state index contributed by atoms with van der Waals surface area (Å²) in [6.45, 7) is 2.44. The summed E-state index contributed by atoms with van der Waals surface area (Å²) in [5, 5.41) is 12.6. The lowest BCUT2D eigenvalue weighted by Gasteiger charge is -2.41. The van der Waals surface area contributed by atoms with Crippen LogP contribution in [0.3, 0.4) is 0 Å². The summed E-state index contributed by atoms with van der Waals surface area (Å²) in [7, 11) is 0. The van der Waals surface area contributed by atoms with Crippen LogP contribution >= 0.6 is 0 Å². The van der Waals surface area contributed by atoms with E-state index in [0.717, 1.165) is 0 Å². The molecule has 2 N–H and O–H groups in total. The maximum absolute atomic E-state index is 13.4. The van der Waals surface area contributed by atoms with Gasteiger partial charge in [0.25, 0.3) is 0 Å². The average Bonchev–Trinajstić information content (AvgIpc) is 2.75. The third-order valence-electron chi connectivity index (χ3n) is 6.25. The molecule has 1 fully saturated rings. The molecule has 34 heavy (non-hydrogen) atoms. The molecule has 2 aromatic rings. The Morgan fingerprint density at radius 3 is 1.91 bits per heavy atom. The van der Waals surface area contributed by atoms with Crippen molar-refractivity contribution in [1.82, 2.24) is 5.32 Å². The van der Waals surface area contributed by atoms with Gasteiger partial charge in [0.15, 0.2) is 5.78 Å². The van der Waals surface area contributed by atoms with E-state index in [1.807, 2.05) is 0 Å². The van der Waals surface area contributed by atoms with Crippen molar-refractivity contribution in [1.29, 1.82) is 0 Å². The number of hydrogen-bond acceptors (Lipinski definition) is 3. The Morgan fingerprint density at radius 1 is 0.941 bits per heavy atom. The van der Waals surface area contributed by atoms with Gasteiger partial charge in [-0.05, 0) is 56.0 Å². The van der Waals surface area contributed by atoms with E-state index >= 15 is 0 Å². The van der Waals surface area contributed by atoms with E-state index in [0.29, 0.717) is 17.7 Å². The fraction of sp³-hybridized carbons (Fsp3) is 0.417. The van der Waals surface area contributed by atoms with E-state index < -0.39 is 57.8 Å². The van der Waals surface area contributed by atoms with Gasteiger partial charge in [-0.3, -0.25) is 9.59 Å². The number of hydrogen-bond donors (Lipinski definition) is 2. The molecule has 184 valence electrons. The molecule has 4 nitrogen and oxygen atoms in total. The molecule has 0 bridgehead atoms. The van der Waals surface area contributed by atoms with Gasteiger partial charge in [0.1, 0.15) is 6.10 Å². The molecule has 1 amide bonds. The van der Waals surface area contributed by atoms with Crippen LogP contribution in [-0.4, -0.2) is 22.9 Å². The lowest BCUT2D eigenvalue weighted by Crippen LogP contribution is -2.55. The maximum Gasteiger partial charge on any atom is 0.416 e. The highest BCUT2D eigenvalue weighted by Crippen LogP contribution is 2.41. The molecular weight excluding hydrogens is 464 g/mol. The first-order valence-corrected chi connectivity index (χ1v) is 10.5. The van der Waals surface area contributed by atoms with Crippen LogP contribution < -0.4 is 5.32 Å². The van der Waals surface area contributed by atoms with E-state index in [1.165, 1.54) is 13.8 Å². The van der Waals surface area contributed by atoms with Gasteiger partial charge in [-0.15, -0.1) is 0 Å². The van der Waals surface area contributed by atoms with Crippen LogP contribution in [0.5, 0.6) is 0 Å². The number of carbonyl (C=O) groups excluding carboxylic acids is 2.